The summed E-state index contributed by atoms with van der Waals surface area (Å²) in [7, 11) is 0. The zero-order chi connectivity index (χ0) is 15.6. The molecule has 0 bridgehead atoms. The number of nitrogens with zero attached hydrogens (tertiary/aromatic N) is 1. The Labute approximate surface area is 122 Å². The molecule has 0 aromatic rings. The predicted molar refractivity (Wildman–Crippen MR) is 74.7 cm³/mol. The van der Waals surface area contributed by atoms with Crippen LogP contribution in [-0.4, -0.2) is 61.3 Å². The van der Waals surface area contributed by atoms with Gasteiger partial charge in [0.15, 0.2) is 0 Å². The maximum Gasteiger partial charge on any atom is 0.406 e. The molecule has 0 spiro atoms. The van der Waals surface area contributed by atoms with Crippen molar-refractivity contribution in [1.29, 1.82) is 0 Å². The van der Waals surface area contributed by atoms with Gasteiger partial charge in [-0.2, -0.15) is 24.9 Å². The van der Waals surface area contributed by atoms with Crippen LogP contribution in [0.3, 0.4) is 0 Å². The molecule has 8 heteroatoms. The molecule has 4 nitrogen and oxygen atoms in total. The molecule has 0 fully saturated rings. The molecule has 1 amide bonds. The number of thioether (sulfide) groups is 1. The first kappa shape index (κ1) is 19.5. The zero-order valence-electron chi connectivity index (χ0n) is 11.9. The topological polar surface area (TPSA) is 55.6 Å². The molecular formula is C12H23F3N2O2S. The standard InChI is InChI=1S/C12H23F3N2O2S/c1-3-19-7-4-6-17(9-12(13,14)15)11(18)10(16)5-8-20-2/h10H,3-9,16H2,1-2H3/t10-/m0/s1. The number of hydrogen-bond donors (Lipinski definition) is 1. The molecular weight excluding hydrogens is 293 g/mol. The van der Waals surface area contributed by atoms with Gasteiger partial charge in [0, 0.05) is 19.8 Å². The van der Waals surface area contributed by atoms with Crippen molar-refractivity contribution in [3.8, 4) is 0 Å². The van der Waals surface area contributed by atoms with Crippen molar-refractivity contribution in [2.24, 2.45) is 5.73 Å². The number of nitrogens with two attached hydrogens (primary N) is 1. The number of hydrogen-bond acceptors (Lipinski definition) is 4. The summed E-state index contributed by atoms with van der Waals surface area (Å²) in [6.07, 6.45) is -1.82. The Bertz CT molecular complexity index is 278. The molecule has 0 saturated heterocycles. The molecule has 2 N–H and O–H groups in total. The first-order valence-corrected chi connectivity index (χ1v) is 7.89. The Balaban J connectivity index is 4.45. The van der Waals surface area contributed by atoms with Gasteiger partial charge in [-0.3, -0.25) is 4.79 Å². The predicted octanol–water partition coefficient (Wildman–Crippen LogP) is 1.88. The first-order chi connectivity index (χ1) is 9.31. The van der Waals surface area contributed by atoms with Crippen LogP contribution in [-0.2, 0) is 9.53 Å². The van der Waals surface area contributed by atoms with E-state index in [1.165, 1.54) is 11.8 Å². The third-order valence-electron chi connectivity index (χ3n) is 2.55. The number of alkyl halides is 3. The van der Waals surface area contributed by atoms with Gasteiger partial charge in [0.05, 0.1) is 6.04 Å². The Morgan fingerprint density at radius 3 is 2.60 bits per heavy atom. The van der Waals surface area contributed by atoms with Crippen LogP contribution in [0.2, 0.25) is 0 Å². The summed E-state index contributed by atoms with van der Waals surface area (Å²) in [5, 5.41) is 0. The summed E-state index contributed by atoms with van der Waals surface area (Å²) in [4.78, 5) is 12.7. The van der Waals surface area contributed by atoms with Gasteiger partial charge in [0.25, 0.3) is 0 Å². The summed E-state index contributed by atoms with van der Waals surface area (Å²) in [6, 6.07) is -0.878. The summed E-state index contributed by atoms with van der Waals surface area (Å²) in [5.74, 6) is -0.000934. The van der Waals surface area contributed by atoms with Crippen molar-refractivity contribution >= 4 is 17.7 Å². The lowest BCUT2D eigenvalue weighted by molar-refractivity contribution is -0.162. The lowest BCUT2D eigenvalue weighted by atomic mass is 10.2. The Kier molecular flexibility index (Phi) is 10.0. The molecule has 0 aliphatic rings. The average Bonchev–Trinajstić information content (AvgIpc) is 2.37. The highest BCUT2D eigenvalue weighted by Gasteiger charge is 2.34. The fourth-order valence-corrected chi connectivity index (χ4v) is 2.08. The molecule has 0 aromatic heterocycles. The third-order valence-corrected chi connectivity index (χ3v) is 3.20. The molecule has 1 atom stereocenters. The summed E-state index contributed by atoms with van der Waals surface area (Å²) >= 11 is 1.50. The molecule has 120 valence electrons. The lowest BCUT2D eigenvalue weighted by Gasteiger charge is -2.26. The highest BCUT2D eigenvalue weighted by molar-refractivity contribution is 7.98. The van der Waals surface area contributed by atoms with Crippen LogP contribution in [0.5, 0.6) is 0 Å². The van der Waals surface area contributed by atoms with Crippen molar-refractivity contribution in [3.63, 3.8) is 0 Å². The van der Waals surface area contributed by atoms with Gasteiger partial charge in [-0.15, -0.1) is 0 Å². The second-order valence-electron chi connectivity index (χ2n) is 4.31. The minimum atomic E-state index is -4.42. The van der Waals surface area contributed by atoms with Crippen LogP contribution in [0.4, 0.5) is 13.2 Å². The second kappa shape index (κ2) is 10.3. The van der Waals surface area contributed by atoms with Gasteiger partial charge in [-0.25, -0.2) is 0 Å². The van der Waals surface area contributed by atoms with E-state index in [0.717, 1.165) is 4.90 Å². The maximum absolute atomic E-state index is 12.5. The van der Waals surface area contributed by atoms with E-state index in [4.69, 9.17) is 10.5 Å². The minimum absolute atomic E-state index is 0.00527. The van der Waals surface area contributed by atoms with E-state index in [1.807, 2.05) is 6.26 Å². The van der Waals surface area contributed by atoms with Gasteiger partial charge < -0.3 is 15.4 Å². The van der Waals surface area contributed by atoms with Crippen molar-refractivity contribution < 1.29 is 22.7 Å². The average molecular weight is 316 g/mol. The van der Waals surface area contributed by atoms with E-state index in [2.05, 4.69) is 0 Å². The largest absolute Gasteiger partial charge is 0.406 e. The smallest absolute Gasteiger partial charge is 0.382 e. The molecule has 0 heterocycles. The van der Waals surface area contributed by atoms with E-state index < -0.39 is 24.7 Å². The fraction of sp³-hybridized carbons (Fsp3) is 0.917. The molecule has 0 unspecified atom stereocenters. The normalized spacial score (nSPS) is 13.3. The number of rotatable bonds is 10. The number of carbonyl (C=O) groups is 1. The van der Waals surface area contributed by atoms with Crippen molar-refractivity contribution in [2.75, 3.05) is 38.3 Å². The van der Waals surface area contributed by atoms with Gasteiger partial charge in [0.1, 0.15) is 6.54 Å². The lowest BCUT2D eigenvalue weighted by Crippen LogP contribution is -2.48. The molecule has 20 heavy (non-hydrogen) atoms. The Hall–Kier alpha value is -0.470. The second-order valence-corrected chi connectivity index (χ2v) is 5.30. The van der Waals surface area contributed by atoms with Crippen molar-refractivity contribution in [2.45, 2.75) is 32.0 Å². The molecule has 0 rings (SSSR count). The minimum Gasteiger partial charge on any atom is -0.382 e. The van der Waals surface area contributed by atoms with Gasteiger partial charge in [-0.1, -0.05) is 0 Å². The highest BCUT2D eigenvalue weighted by atomic mass is 32.2. The summed E-state index contributed by atoms with van der Waals surface area (Å²) < 4.78 is 42.5. The van der Waals surface area contributed by atoms with Gasteiger partial charge in [0.2, 0.25) is 5.91 Å². The van der Waals surface area contributed by atoms with E-state index >= 15 is 0 Å². The Morgan fingerprint density at radius 2 is 2.10 bits per heavy atom. The van der Waals surface area contributed by atoms with E-state index in [9.17, 15) is 18.0 Å². The maximum atomic E-state index is 12.5. The quantitative estimate of drug-likeness (QED) is 0.625. The van der Waals surface area contributed by atoms with Crippen LogP contribution in [0, 0.1) is 0 Å². The molecule has 0 aliphatic carbocycles. The summed E-state index contributed by atoms with van der Waals surface area (Å²) in [6.45, 7) is 1.38. The Morgan fingerprint density at radius 1 is 1.45 bits per heavy atom. The van der Waals surface area contributed by atoms with Crippen LogP contribution in [0.15, 0.2) is 0 Å². The van der Waals surface area contributed by atoms with Crippen LogP contribution in [0.25, 0.3) is 0 Å². The molecule has 0 aromatic carbocycles. The summed E-state index contributed by atoms with van der Waals surface area (Å²) in [5.41, 5.74) is 5.65. The number of ether oxygens (including phenoxy) is 1. The van der Waals surface area contributed by atoms with Gasteiger partial charge in [-0.05, 0) is 31.8 Å². The highest BCUT2D eigenvalue weighted by Crippen LogP contribution is 2.17. The third kappa shape index (κ3) is 9.44. The van der Waals surface area contributed by atoms with Crippen molar-refractivity contribution in [3.05, 3.63) is 0 Å². The first-order valence-electron chi connectivity index (χ1n) is 6.49. The van der Waals surface area contributed by atoms with E-state index in [-0.39, 0.29) is 6.54 Å². The molecule has 0 aliphatic heterocycles. The molecule has 0 saturated carbocycles. The number of amides is 1. The van der Waals surface area contributed by atoms with Crippen LogP contribution in [0.1, 0.15) is 19.8 Å². The zero-order valence-corrected chi connectivity index (χ0v) is 12.7. The SMILES string of the molecule is CCOCCCN(CC(F)(F)F)C(=O)[C@@H](N)CCSC. The van der Waals surface area contributed by atoms with Gasteiger partial charge >= 0.3 is 6.18 Å². The van der Waals surface area contributed by atoms with E-state index in [1.54, 1.807) is 6.92 Å². The number of halogens is 3. The van der Waals surface area contributed by atoms with E-state index in [0.29, 0.717) is 31.8 Å². The monoisotopic (exact) mass is 316 g/mol. The fourth-order valence-electron chi connectivity index (χ4n) is 1.59. The van der Waals surface area contributed by atoms with Crippen LogP contribution < -0.4 is 5.73 Å². The van der Waals surface area contributed by atoms with Crippen LogP contribution >= 0.6 is 11.8 Å². The van der Waals surface area contributed by atoms with Crippen molar-refractivity contribution in [1.82, 2.24) is 4.90 Å². The molecule has 0 radical (unpaired) electrons. The number of carbonyl (C=O) groups excluding carboxylic acids is 1.